The first-order chi connectivity index (χ1) is 9.15. The van der Waals surface area contributed by atoms with Gasteiger partial charge in [0.2, 0.25) is 0 Å². The van der Waals surface area contributed by atoms with Crippen LogP contribution >= 0.6 is 45.9 Å². The third-order valence-corrected chi connectivity index (χ3v) is 6.08. The van der Waals surface area contributed by atoms with Gasteiger partial charge in [0.05, 0.1) is 10.0 Å². The average molecular weight is 328 g/mol. The molecular formula is C14H11Cl2NS2. The molecule has 1 aromatic carbocycles. The zero-order chi connectivity index (χ0) is 13.4. The fourth-order valence-corrected chi connectivity index (χ4v) is 4.53. The molecular weight excluding hydrogens is 317 g/mol. The molecule has 0 aliphatic heterocycles. The van der Waals surface area contributed by atoms with Crippen LogP contribution in [-0.4, -0.2) is 0 Å². The Bertz CT molecular complexity index is 689. The van der Waals surface area contributed by atoms with Crippen LogP contribution in [0.5, 0.6) is 0 Å². The molecule has 0 radical (unpaired) electrons. The molecule has 98 valence electrons. The van der Waals surface area contributed by atoms with E-state index in [9.17, 15) is 0 Å². The Morgan fingerprint density at radius 2 is 2.00 bits per heavy atom. The van der Waals surface area contributed by atoms with Gasteiger partial charge in [-0.3, -0.25) is 0 Å². The lowest BCUT2D eigenvalue weighted by molar-refractivity contribution is 0.737. The van der Waals surface area contributed by atoms with Crippen molar-refractivity contribution in [1.29, 1.82) is 0 Å². The Morgan fingerprint density at radius 3 is 2.79 bits per heavy atom. The summed E-state index contributed by atoms with van der Waals surface area (Å²) >= 11 is 15.7. The second kappa shape index (κ2) is 5.43. The molecule has 0 bridgehead atoms. The standard InChI is InChI=1S/C14H11Cl2NS2/c15-9-3-1-2-8(14(9)16)6-10(17)12-7-13-11(19-12)4-5-18-13/h1-5,7,10H,6,17H2. The van der Waals surface area contributed by atoms with Crippen LogP contribution in [0.2, 0.25) is 10.0 Å². The van der Waals surface area contributed by atoms with E-state index in [4.69, 9.17) is 28.9 Å². The van der Waals surface area contributed by atoms with Gasteiger partial charge in [-0.2, -0.15) is 0 Å². The summed E-state index contributed by atoms with van der Waals surface area (Å²) < 4.78 is 2.60. The molecule has 1 nitrogen and oxygen atoms in total. The minimum Gasteiger partial charge on any atom is -0.323 e. The van der Waals surface area contributed by atoms with Crippen molar-refractivity contribution in [1.82, 2.24) is 0 Å². The highest BCUT2D eigenvalue weighted by molar-refractivity contribution is 7.26. The molecule has 1 unspecified atom stereocenters. The highest BCUT2D eigenvalue weighted by Crippen LogP contribution is 2.35. The summed E-state index contributed by atoms with van der Waals surface area (Å²) in [5.74, 6) is 0. The predicted octanol–water partition coefficient (Wildman–Crippen LogP) is 5.51. The van der Waals surface area contributed by atoms with Crippen molar-refractivity contribution < 1.29 is 0 Å². The Balaban J connectivity index is 1.86. The number of benzene rings is 1. The molecule has 1 atom stereocenters. The summed E-state index contributed by atoms with van der Waals surface area (Å²) in [6, 6.07) is 9.94. The molecule has 2 N–H and O–H groups in total. The Hall–Kier alpha value is -0.580. The van der Waals surface area contributed by atoms with Gasteiger partial charge in [-0.05, 0) is 35.6 Å². The van der Waals surface area contributed by atoms with Gasteiger partial charge in [-0.25, -0.2) is 0 Å². The van der Waals surface area contributed by atoms with E-state index in [2.05, 4.69) is 17.5 Å². The van der Waals surface area contributed by atoms with Gasteiger partial charge in [-0.1, -0.05) is 35.3 Å². The van der Waals surface area contributed by atoms with E-state index in [-0.39, 0.29) is 6.04 Å². The maximum Gasteiger partial charge on any atom is 0.0624 e. The van der Waals surface area contributed by atoms with E-state index < -0.39 is 0 Å². The van der Waals surface area contributed by atoms with E-state index in [0.29, 0.717) is 16.5 Å². The Labute approximate surface area is 129 Å². The second-order valence-corrected chi connectivity index (χ2v) is 7.17. The summed E-state index contributed by atoms with van der Waals surface area (Å²) in [7, 11) is 0. The number of nitrogens with two attached hydrogens (primary N) is 1. The van der Waals surface area contributed by atoms with E-state index in [0.717, 1.165) is 5.56 Å². The normalized spacial score (nSPS) is 13.0. The van der Waals surface area contributed by atoms with Crippen molar-refractivity contribution in [2.45, 2.75) is 12.5 Å². The third-order valence-electron chi connectivity index (χ3n) is 3.00. The maximum atomic E-state index is 6.28. The number of hydrogen-bond acceptors (Lipinski definition) is 3. The molecule has 0 aliphatic rings. The summed E-state index contributed by atoms with van der Waals surface area (Å²) in [4.78, 5) is 1.19. The molecule has 0 fully saturated rings. The molecule has 2 aromatic heterocycles. The van der Waals surface area contributed by atoms with Crippen LogP contribution in [-0.2, 0) is 6.42 Å². The highest BCUT2D eigenvalue weighted by atomic mass is 35.5. The van der Waals surface area contributed by atoms with E-state index >= 15 is 0 Å². The van der Waals surface area contributed by atoms with Crippen LogP contribution in [0, 0.1) is 0 Å². The van der Waals surface area contributed by atoms with Crippen molar-refractivity contribution >= 4 is 55.3 Å². The molecule has 0 saturated heterocycles. The van der Waals surface area contributed by atoms with Crippen molar-refractivity contribution in [3.05, 3.63) is 56.2 Å². The van der Waals surface area contributed by atoms with Crippen molar-refractivity contribution in [2.75, 3.05) is 0 Å². The second-order valence-electron chi connectivity index (χ2n) is 4.32. The van der Waals surface area contributed by atoms with Crippen LogP contribution in [0.15, 0.2) is 35.7 Å². The number of halogens is 2. The minimum absolute atomic E-state index is 0.0411. The minimum atomic E-state index is -0.0411. The number of rotatable bonds is 3. The van der Waals surface area contributed by atoms with Gasteiger partial charge >= 0.3 is 0 Å². The monoisotopic (exact) mass is 327 g/mol. The molecule has 19 heavy (non-hydrogen) atoms. The van der Waals surface area contributed by atoms with Crippen molar-refractivity contribution in [2.24, 2.45) is 5.73 Å². The lowest BCUT2D eigenvalue weighted by Crippen LogP contribution is -2.12. The lowest BCUT2D eigenvalue weighted by atomic mass is 10.1. The van der Waals surface area contributed by atoms with E-state index in [1.807, 2.05) is 12.1 Å². The quantitative estimate of drug-likeness (QED) is 0.674. The number of fused-ring (bicyclic) bond motifs is 1. The molecule has 0 saturated carbocycles. The first kappa shape index (κ1) is 13.4. The average Bonchev–Trinajstić information content (AvgIpc) is 2.95. The van der Waals surface area contributed by atoms with Crippen LogP contribution < -0.4 is 5.73 Å². The zero-order valence-corrected chi connectivity index (χ0v) is 13.0. The molecule has 3 rings (SSSR count). The van der Waals surface area contributed by atoms with Gasteiger partial charge in [0.15, 0.2) is 0 Å². The van der Waals surface area contributed by atoms with Gasteiger partial charge in [-0.15, -0.1) is 22.7 Å². The van der Waals surface area contributed by atoms with Gasteiger partial charge in [0.25, 0.3) is 0 Å². The molecule has 0 amide bonds. The van der Waals surface area contributed by atoms with Gasteiger partial charge in [0.1, 0.15) is 0 Å². The van der Waals surface area contributed by atoms with Gasteiger partial charge < -0.3 is 5.73 Å². The Morgan fingerprint density at radius 1 is 1.16 bits per heavy atom. The summed E-state index contributed by atoms with van der Waals surface area (Å²) in [6.45, 7) is 0. The van der Waals surface area contributed by atoms with Crippen LogP contribution in [0.4, 0.5) is 0 Å². The molecule has 3 aromatic rings. The molecule has 0 aliphatic carbocycles. The summed E-state index contributed by atoms with van der Waals surface area (Å²) in [6.07, 6.45) is 0.702. The fraction of sp³-hybridized carbons (Fsp3) is 0.143. The largest absolute Gasteiger partial charge is 0.323 e. The smallest absolute Gasteiger partial charge is 0.0624 e. The van der Waals surface area contributed by atoms with Crippen molar-refractivity contribution in [3.63, 3.8) is 0 Å². The topological polar surface area (TPSA) is 26.0 Å². The van der Waals surface area contributed by atoms with Crippen LogP contribution in [0.3, 0.4) is 0 Å². The molecule has 0 spiro atoms. The number of thiophene rings is 2. The Kier molecular flexibility index (Phi) is 3.83. The third kappa shape index (κ3) is 2.67. The van der Waals surface area contributed by atoms with E-state index in [1.165, 1.54) is 14.3 Å². The lowest BCUT2D eigenvalue weighted by Gasteiger charge is -2.11. The SMILES string of the molecule is NC(Cc1cccc(Cl)c1Cl)c1cc2sccc2s1. The van der Waals surface area contributed by atoms with Crippen molar-refractivity contribution in [3.8, 4) is 0 Å². The van der Waals surface area contributed by atoms with E-state index in [1.54, 1.807) is 28.7 Å². The maximum absolute atomic E-state index is 6.28. The van der Waals surface area contributed by atoms with Gasteiger partial charge in [0, 0.05) is 20.3 Å². The van der Waals surface area contributed by atoms with Crippen LogP contribution in [0.1, 0.15) is 16.5 Å². The number of hydrogen-bond donors (Lipinski definition) is 1. The molecule has 2 heterocycles. The molecule has 5 heteroatoms. The summed E-state index contributed by atoms with van der Waals surface area (Å²) in [5, 5.41) is 3.29. The first-order valence-corrected chi connectivity index (χ1v) is 8.26. The first-order valence-electron chi connectivity index (χ1n) is 5.80. The zero-order valence-electron chi connectivity index (χ0n) is 9.90. The predicted molar refractivity (Wildman–Crippen MR) is 86.8 cm³/mol. The highest BCUT2D eigenvalue weighted by Gasteiger charge is 2.14. The fourth-order valence-electron chi connectivity index (χ4n) is 2.01. The summed E-state index contributed by atoms with van der Waals surface area (Å²) in [5.41, 5.74) is 7.28. The van der Waals surface area contributed by atoms with Crippen LogP contribution in [0.25, 0.3) is 9.40 Å².